The van der Waals surface area contributed by atoms with Gasteiger partial charge >= 0.3 is 0 Å². The highest BCUT2D eigenvalue weighted by Crippen LogP contribution is 1.86. The van der Waals surface area contributed by atoms with Crippen LogP contribution in [0, 0.1) is 11.8 Å². The van der Waals surface area contributed by atoms with E-state index in [9.17, 15) is 4.79 Å². The van der Waals surface area contributed by atoms with E-state index in [0.29, 0.717) is 13.0 Å². The van der Waals surface area contributed by atoms with E-state index in [4.69, 9.17) is 0 Å². The van der Waals surface area contributed by atoms with Gasteiger partial charge in [-0.05, 0) is 26.9 Å². The second-order valence-electron chi connectivity index (χ2n) is 2.73. The van der Waals surface area contributed by atoms with Gasteiger partial charge in [0.25, 0.3) is 0 Å². The molecule has 1 amide bonds. The van der Waals surface area contributed by atoms with Crippen molar-refractivity contribution in [1.82, 2.24) is 10.6 Å². The quantitative estimate of drug-likeness (QED) is 0.464. The molecule has 0 atom stereocenters. The Balaban J connectivity index is 3.23. The third-order valence-electron chi connectivity index (χ3n) is 1.58. The molecule has 3 heteroatoms. The van der Waals surface area contributed by atoms with E-state index in [-0.39, 0.29) is 5.91 Å². The molecule has 0 spiro atoms. The highest BCUT2D eigenvalue weighted by molar-refractivity contribution is 5.75. The average Bonchev–Trinajstić information content (AvgIpc) is 2.13. The van der Waals surface area contributed by atoms with Crippen LogP contribution in [0.3, 0.4) is 0 Å². The Morgan fingerprint density at radius 3 is 2.77 bits per heavy atom. The number of hydrogen-bond donors (Lipinski definition) is 2. The summed E-state index contributed by atoms with van der Waals surface area (Å²) in [5.41, 5.74) is 0. The molecular formula is C10H18N2O. The topological polar surface area (TPSA) is 41.1 Å². The maximum Gasteiger partial charge on any atom is 0.220 e. The molecule has 0 aliphatic heterocycles. The van der Waals surface area contributed by atoms with Gasteiger partial charge in [0.15, 0.2) is 0 Å². The van der Waals surface area contributed by atoms with Gasteiger partial charge in [-0.25, -0.2) is 0 Å². The summed E-state index contributed by atoms with van der Waals surface area (Å²) in [7, 11) is 1.88. The van der Waals surface area contributed by atoms with Crippen LogP contribution in [0.15, 0.2) is 0 Å². The molecule has 0 heterocycles. The number of carbonyl (C=O) groups is 1. The number of hydrogen-bond acceptors (Lipinski definition) is 2. The van der Waals surface area contributed by atoms with E-state index in [1.807, 2.05) is 7.05 Å². The molecule has 0 aliphatic rings. The minimum atomic E-state index is 0.119. The molecule has 0 radical (unpaired) electrons. The minimum Gasteiger partial charge on any atom is -0.355 e. The van der Waals surface area contributed by atoms with E-state index in [2.05, 4.69) is 22.5 Å². The molecule has 0 unspecified atom stereocenters. The Morgan fingerprint density at radius 1 is 1.38 bits per heavy atom. The number of amides is 1. The normalized spacial score (nSPS) is 8.77. The van der Waals surface area contributed by atoms with Crippen molar-refractivity contribution in [3.8, 4) is 11.8 Å². The summed E-state index contributed by atoms with van der Waals surface area (Å²) in [6.45, 7) is 3.36. The third kappa shape index (κ3) is 8.90. The predicted octanol–water partition coefficient (Wildman–Crippen LogP) is 0.516. The van der Waals surface area contributed by atoms with Crippen molar-refractivity contribution in [2.24, 2.45) is 0 Å². The summed E-state index contributed by atoms with van der Waals surface area (Å²) in [5.74, 6) is 5.79. The monoisotopic (exact) mass is 182 g/mol. The second kappa shape index (κ2) is 9.08. The third-order valence-corrected chi connectivity index (χ3v) is 1.58. The molecule has 0 fully saturated rings. The van der Waals surface area contributed by atoms with Crippen LogP contribution in [0.25, 0.3) is 0 Å². The fourth-order valence-electron chi connectivity index (χ4n) is 0.904. The maximum atomic E-state index is 11.1. The standard InChI is InChI=1S/C10H18N2O/c1-3-4-5-9-12-10(13)7-6-8-11-2/h11H,5-9H2,1-2H3,(H,12,13). The maximum absolute atomic E-state index is 11.1. The van der Waals surface area contributed by atoms with Gasteiger partial charge in [0.05, 0.1) is 0 Å². The van der Waals surface area contributed by atoms with Crippen LogP contribution in [0.2, 0.25) is 0 Å². The van der Waals surface area contributed by atoms with Gasteiger partial charge in [0, 0.05) is 19.4 Å². The largest absolute Gasteiger partial charge is 0.355 e. The summed E-state index contributed by atoms with van der Waals surface area (Å²) < 4.78 is 0. The highest BCUT2D eigenvalue weighted by atomic mass is 16.1. The Bertz CT molecular complexity index is 191. The van der Waals surface area contributed by atoms with Crippen LogP contribution >= 0.6 is 0 Å². The molecule has 0 bridgehead atoms. The molecule has 0 aromatic carbocycles. The van der Waals surface area contributed by atoms with Crippen LogP contribution in [0.1, 0.15) is 26.2 Å². The number of rotatable bonds is 6. The lowest BCUT2D eigenvalue weighted by Crippen LogP contribution is -2.24. The van der Waals surface area contributed by atoms with Crippen LogP contribution in [-0.2, 0) is 4.79 Å². The van der Waals surface area contributed by atoms with Gasteiger partial charge in [-0.15, -0.1) is 11.8 Å². The van der Waals surface area contributed by atoms with Crippen LogP contribution < -0.4 is 10.6 Å². The fraction of sp³-hybridized carbons (Fsp3) is 0.700. The second-order valence-corrected chi connectivity index (χ2v) is 2.73. The molecule has 2 N–H and O–H groups in total. The molecule has 13 heavy (non-hydrogen) atoms. The van der Waals surface area contributed by atoms with Gasteiger partial charge in [0.1, 0.15) is 0 Å². The van der Waals surface area contributed by atoms with Crippen molar-refractivity contribution in [2.45, 2.75) is 26.2 Å². The zero-order valence-corrected chi connectivity index (χ0v) is 8.44. The van der Waals surface area contributed by atoms with Crippen molar-refractivity contribution in [3.05, 3.63) is 0 Å². The molecular weight excluding hydrogens is 164 g/mol. The first-order valence-corrected chi connectivity index (χ1v) is 4.62. The Hall–Kier alpha value is -1.01. The summed E-state index contributed by atoms with van der Waals surface area (Å²) in [6, 6.07) is 0. The average molecular weight is 182 g/mol. The van der Waals surface area contributed by atoms with Crippen molar-refractivity contribution in [2.75, 3.05) is 20.1 Å². The summed E-state index contributed by atoms with van der Waals surface area (Å²) in [6.07, 6.45) is 2.23. The van der Waals surface area contributed by atoms with Crippen molar-refractivity contribution < 1.29 is 4.79 Å². The summed E-state index contributed by atoms with van der Waals surface area (Å²) in [4.78, 5) is 11.1. The molecule has 74 valence electrons. The molecule has 0 rings (SSSR count). The summed E-state index contributed by atoms with van der Waals surface area (Å²) in [5, 5.41) is 5.80. The molecule has 0 saturated carbocycles. The Labute approximate surface area is 80.3 Å². The lowest BCUT2D eigenvalue weighted by atomic mass is 10.3. The zero-order valence-electron chi connectivity index (χ0n) is 8.44. The zero-order chi connectivity index (χ0) is 9.94. The van der Waals surface area contributed by atoms with E-state index < -0.39 is 0 Å². The van der Waals surface area contributed by atoms with Crippen LogP contribution in [0.5, 0.6) is 0 Å². The molecule has 3 nitrogen and oxygen atoms in total. The van der Waals surface area contributed by atoms with Gasteiger partial charge < -0.3 is 10.6 Å². The van der Waals surface area contributed by atoms with Gasteiger partial charge in [-0.1, -0.05) is 0 Å². The SMILES string of the molecule is CC#CCCNC(=O)CCCNC. The molecule has 0 saturated heterocycles. The lowest BCUT2D eigenvalue weighted by molar-refractivity contribution is -0.121. The Morgan fingerprint density at radius 2 is 2.15 bits per heavy atom. The first-order valence-electron chi connectivity index (χ1n) is 4.62. The van der Waals surface area contributed by atoms with Crippen LogP contribution in [0.4, 0.5) is 0 Å². The fourth-order valence-corrected chi connectivity index (χ4v) is 0.904. The first-order chi connectivity index (χ1) is 6.31. The minimum absolute atomic E-state index is 0.119. The van der Waals surface area contributed by atoms with E-state index in [1.54, 1.807) is 6.92 Å². The number of nitrogens with one attached hydrogen (secondary N) is 2. The van der Waals surface area contributed by atoms with Gasteiger partial charge in [0.2, 0.25) is 5.91 Å². The van der Waals surface area contributed by atoms with Gasteiger partial charge in [-0.3, -0.25) is 4.79 Å². The van der Waals surface area contributed by atoms with Crippen molar-refractivity contribution in [1.29, 1.82) is 0 Å². The van der Waals surface area contributed by atoms with E-state index in [0.717, 1.165) is 19.4 Å². The van der Waals surface area contributed by atoms with Crippen molar-refractivity contribution in [3.63, 3.8) is 0 Å². The highest BCUT2D eigenvalue weighted by Gasteiger charge is 1.97. The molecule has 0 aliphatic carbocycles. The van der Waals surface area contributed by atoms with E-state index >= 15 is 0 Å². The first kappa shape index (κ1) is 12.0. The predicted molar refractivity (Wildman–Crippen MR) is 54.2 cm³/mol. The number of carbonyl (C=O) groups excluding carboxylic acids is 1. The lowest BCUT2D eigenvalue weighted by Gasteiger charge is -2.01. The van der Waals surface area contributed by atoms with Crippen molar-refractivity contribution >= 4 is 5.91 Å². The summed E-state index contributed by atoms with van der Waals surface area (Å²) >= 11 is 0. The molecule has 0 aromatic heterocycles. The smallest absolute Gasteiger partial charge is 0.220 e. The molecule has 0 aromatic rings. The Kier molecular flexibility index (Phi) is 8.38. The van der Waals surface area contributed by atoms with Gasteiger partial charge in [-0.2, -0.15) is 0 Å². The van der Waals surface area contributed by atoms with Crippen LogP contribution in [-0.4, -0.2) is 26.0 Å². The van der Waals surface area contributed by atoms with E-state index in [1.165, 1.54) is 0 Å².